The fourth-order valence-electron chi connectivity index (χ4n) is 3.09. The van der Waals surface area contributed by atoms with Gasteiger partial charge in [0, 0.05) is 17.0 Å². The summed E-state index contributed by atoms with van der Waals surface area (Å²) < 4.78 is 0. The summed E-state index contributed by atoms with van der Waals surface area (Å²) in [6.45, 7) is 6.50. The molecule has 0 aromatic carbocycles. The fourth-order valence-corrected chi connectivity index (χ4v) is 3.09. The first kappa shape index (κ1) is 8.24. The van der Waals surface area contributed by atoms with Crippen LogP contribution < -0.4 is 0 Å². The van der Waals surface area contributed by atoms with Crippen LogP contribution in [0.4, 0.5) is 0 Å². The number of hydrogen-bond acceptors (Lipinski definition) is 2. The van der Waals surface area contributed by atoms with Gasteiger partial charge in [0.2, 0.25) is 0 Å². The highest BCUT2D eigenvalue weighted by molar-refractivity contribution is 5.93. The maximum atomic E-state index is 9.86. The van der Waals surface area contributed by atoms with Crippen LogP contribution in [-0.4, -0.2) is 16.9 Å². The Balaban J connectivity index is 2.50. The van der Waals surface area contributed by atoms with Gasteiger partial charge in [0.15, 0.2) is 0 Å². The van der Waals surface area contributed by atoms with Gasteiger partial charge in [-0.25, -0.2) is 0 Å². The summed E-state index contributed by atoms with van der Waals surface area (Å²) in [6, 6.07) is 0. The molecular formula is C10H17NO. The van der Waals surface area contributed by atoms with Gasteiger partial charge in [0.05, 0.1) is 6.10 Å². The number of fused-ring (bicyclic) bond motifs is 2. The highest BCUT2D eigenvalue weighted by Gasteiger charge is 2.64. The van der Waals surface area contributed by atoms with E-state index >= 15 is 0 Å². The van der Waals surface area contributed by atoms with Gasteiger partial charge in [0.25, 0.3) is 0 Å². The van der Waals surface area contributed by atoms with Gasteiger partial charge >= 0.3 is 0 Å². The van der Waals surface area contributed by atoms with Gasteiger partial charge in [-0.2, -0.15) is 0 Å². The van der Waals surface area contributed by atoms with E-state index in [1.807, 2.05) is 0 Å². The standard InChI is InChI=1S/C10H17NO/c1-9(2)6-4-5-10(9,3)8(12)7(6)11/h6,8,11-12H,4-5H2,1-3H3. The summed E-state index contributed by atoms with van der Waals surface area (Å²) in [4.78, 5) is 0. The Morgan fingerprint density at radius 3 is 2.25 bits per heavy atom. The van der Waals surface area contributed by atoms with Crippen LogP contribution in [0, 0.1) is 22.2 Å². The van der Waals surface area contributed by atoms with Crippen LogP contribution in [0.2, 0.25) is 0 Å². The monoisotopic (exact) mass is 167 g/mol. The van der Waals surface area contributed by atoms with Crippen molar-refractivity contribution in [1.82, 2.24) is 0 Å². The predicted octanol–water partition coefficient (Wildman–Crippen LogP) is 1.82. The molecule has 0 aromatic heterocycles. The van der Waals surface area contributed by atoms with E-state index in [9.17, 15) is 5.11 Å². The van der Waals surface area contributed by atoms with Crippen molar-refractivity contribution in [3.63, 3.8) is 0 Å². The molecule has 0 radical (unpaired) electrons. The molecule has 2 rings (SSSR count). The van der Waals surface area contributed by atoms with Gasteiger partial charge in [-0.1, -0.05) is 20.8 Å². The molecular weight excluding hydrogens is 150 g/mol. The van der Waals surface area contributed by atoms with Crippen LogP contribution in [0.3, 0.4) is 0 Å². The van der Waals surface area contributed by atoms with Crippen LogP contribution in [0.1, 0.15) is 33.6 Å². The van der Waals surface area contributed by atoms with E-state index in [1.165, 1.54) is 0 Å². The molecule has 2 heteroatoms. The molecule has 2 nitrogen and oxygen atoms in total. The fraction of sp³-hybridized carbons (Fsp3) is 0.900. The van der Waals surface area contributed by atoms with Crippen molar-refractivity contribution in [2.24, 2.45) is 16.7 Å². The van der Waals surface area contributed by atoms with Crippen molar-refractivity contribution < 1.29 is 5.11 Å². The van der Waals surface area contributed by atoms with E-state index in [-0.39, 0.29) is 10.8 Å². The lowest BCUT2D eigenvalue weighted by atomic mass is 9.70. The van der Waals surface area contributed by atoms with Crippen LogP contribution in [0.25, 0.3) is 0 Å². The molecule has 2 saturated carbocycles. The quantitative estimate of drug-likeness (QED) is 0.568. The van der Waals surface area contributed by atoms with Crippen LogP contribution in [0.15, 0.2) is 0 Å². The Bertz CT molecular complexity index is 246. The Labute approximate surface area is 73.5 Å². The molecule has 2 fully saturated rings. The van der Waals surface area contributed by atoms with Crippen molar-refractivity contribution in [2.45, 2.75) is 39.7 Å². The van der Waals surface area contributed by atoms with Crippen molar-refractivity contribution in [1.29, 1.82) is 5.41 Å². The second-order valence-corrected chi connectivity index (χ2v) is 5.09. The van der Waals surface area contributed by atoms with Crippen molar-refractivity contribution >= 4 is 5.71 Å². The minimum Gasteiger partial charge on any atom is -0.387 e. The molecule has 0 amide bonds. The third kappa shape index (κ3) is 0.598. The summed E-state index contributed by atoms with van der Waals surface area (Å²) in [7, 11) is 0. The molecule has 0 aliphatic heterocycles. The molecule has 2 bridgehead atoms. The summed E-state index contributed by atoms with van der Waals surface area (Å²) in [5.74, 6) is 0.331. The highest BCUT2D eigenvalue weighted by Crippen LogP contribution is 2.63. The second-order valence-electron chi connectivity index (χ2n) is 5.09. The van der Waals surface area contributed by atoms with Gasteiger partial charge in [-0.05, 0) is 18.3 Å². The van der Waals surface area contributed by atoms with Crippen molar-refractivity contribution in [2.75, 3.05) is 0 Å². The Morgan fingerprint density at radius 2 is 2.00 bits per heavy atom. The van der Waals surface area contributed by atoms with E-state index in [2.05, 4.69) is 20.8 Å². The third-order valence-electron chi connectivity index (χ3n) is 4.57. The minimum absolute atomic E-state index is 0.0330. The van der Waals surface area contributed by atoms with Crippen LogP contribution in [0.5, 0.6) is 0 Å². The molecule has 0 spiro atoms. The molecule has 2 aliphatic carbocycles. The molecule has 0 saturated heterocycles. The number of nitrogens with one attached hydrogen (secondary N) is 1. The topological polar surface area (TPSA) is 44.1 Å². The number of aliphatic hydroxyl groups is 1. The lowest BCUT2D eigenvalue weighted by molar-refractivity contribution is 0.0337. The molecule has 2 N–H and O–H groups in total. The Hall–Kier alpha value is -0.370. The van der Waals surface area contributed by atoms with E-state index < -0.39 is 6.10 Å². The van der Waals surface area contributed by atoms with Crippen LogP contribution in [-0.2, 0) is 0 Å². The summed E-state index contributed by atoms with van der Waals surface area (Å²) >= 11 is 0. The molecule has 3 atom stereocenters. The van der Waals surface area contributed by atoms with Gasteiger partial charge in [-0.15, -0.1) is 0 Å². The van der Waals surface area contributed by atoms with E-state index in [0.717, 1.165) is 12.8 Å². The van der Waals surface area contributed by atoms with E-state index in [4.69, 9.17) is 5.41 Å². The maximum absolute atomic E-state index is 9.86. The molecule has 3 unspecified atom stereocenters. The Kier molecular flexibility index (Phi) is 1.32. The number of hydrogen-bond donors (Lipinski definition) is 2. The predicted molar refractivity (Wildman–Crippen MR) is 48.3 cm³/mol. The van der Waals surface area contributed by atoms with E-state index in [0.29, 0.717) is 11.6 Å². The molecule has 2 aliphatic rings. The van der Waals surface area contributed by atoms with Crippen molar-refractivity contribution in [3.05, 3.63) is 0 Å². The maximum Gasteiger partial charge on any atom is 0.0975 e. The Morgan fingerprint density at radius 1 is 1.42 bits per heavy atom. The highest BCUT2D eigenvalue weighted by atomic mass is 16.3. The average molecular weight is 167 g/mol. The summed E-state index contributed by atoms with van der Waals surface area (Å²) in [5, 5.41) is 17.6. The average Bonchev–Trinajstić information content (AvgIpc) is 2.26. The third-order valence-corrected chi connectivity index (χ3v) is 4.57. The lowest BCUT2D eigenvalue weighted by Gasteiger charge is -2.35. The zero-order chi connectivity index (χ0) is 9.15. The number of aliphatic hydroxyl groups excluding tert-OH is 1. The lowest BCUT2D eigenvalue weighted by Crippen LogP contribution is -2.37. The van der Waals surface area contributed by atoms with Gasteiger partial charge < -0.3 is 10.5 Å². The molecule has 0 aromatic rings. The second kappa shape index (κ2) is 1.92. The smallest absolute Gasteiger partial charge is 0.0975 e. The SMILES string of the molecule is CC1(C)C2CCC1(C)C(O)C2=N. The molecule has 12 heavy (non-hydrogen) atoms. The van der Waals surface area contributed by atoms with Gasteiger partial charge in [-0.3, -0.25) is 0 Å². The first-order chi connectivity index (χ1) is 5.41. The zero-order valence-electron chi connectivity index (χ0n) is 8.02. The summed E-state index contributed by atoms with van der Waals surface area (Å²) in [5.41, 5.74) is 0.673. The van der Waals surface area contributed by atoms with Crippen LogP contribution >= 0.6 is 0 Å². The minimum atomic E-state index is -0.480. The van der Waals surface area contributed by atoms with E-state index in [1.54, 1.807) is 0 Å². The first-order valence-corrected chi connectivity index (χ1v) is 4.67. The van der Waals surface area contributed by atoms with Gasteiger partial charge in [0.1, 0.15) is 0 Å². The molecule has 68 valence electrons. The normalized spacial score (nSPS) is 50.2. The zero-order valence-corrected chi connectivity index (χ0v) is 8.02. The molecule has 0 heterocycles. The first-order valence-electron chi connectivity index (χ1n) is 4.67. The number of rotatable bonds is 0. The van der Waals surface area contributed by atoms with Crippen molar-refractivity contribution in [3.8, 4) is 0 Å². The largest absolute Gasteiger partial charge is 0.387 e. The summed E-state index contributed by atoms with van der Waals surface area (Å²) in [6.07, 6.45) is 1.69.